The van der Waals surface area contributed by atoms with Gasteiger partial charge in [-0.3, -0.25) is 9.36 Å². The molecule has 1 saturated heterocycles. The summed E-state index contributed by atoms with van der Waals surface area (Å²) in [6.07, 6.45) is 2.73. The SMILES string of the molecule is CNc1cc(F)cc2c1[nH]c1nc(Oc3ccc4nc5n(c(=O)c4c3)CCC5)nc(N3CC4C[C@@H](N)C4C3)c12. The van der Waals surface area contributed by atoms with Crippen molar-refractivity contribution in [2.75, 3.05) is 30.4 Å². The van der Waals surface area contributed by atoms with Gasteiger partial charge in [0.2, 0.25) is 0 Å². The number of aromatic nitrogens is 5. The van der Waals surface area contributed by atoms with Gasteiger partial charge in [0, 0.05) is 44.5 Å². The average Bonchev–Trinajstić information content (AvgIpc) is 3.63. The standard InChI is InChI=1S/C28H27FN8O2/c1-31-21-9-14(29)8-17-23-25(33-24(17)21)34-28(35-26(23)36-11-13-7-19(30)18(13)12-36)39-15-4-5-20-16(10-15)27(38)37-6-2-3-22(37)32-20/h4-5,8-10,13,18-19,31H,2-3,6-7,11-12,30H2,1H3,(H,33,34,35)/t13?,18?,19-/m1/s1. The fraction of sp³-hybridized carbons (Fsp3) is 0.357. The summed E-state index contributed by atoms with van der Waals surface area (Å²) in [5.41, 5.74) is 8.82. The minimum Gasteiger partial charge on any atom is -0.424 e. The second kappa shape index (κ2) is 8.12. The van der Waals surface area contributed by atoms with Crippen LogP contribution in [0.25, 0.3) is 32.8 Å². The van der Waals surface area contributed by atoms with Gasteiger partial charge in [-0.15, -0.1) is 0 Å². The van der Waals surface area contributed by atoms with Gasteiger partial charge in [-0.25, -0.2) is 9.37 Å². The van der Waals surface area contributed by atoms with Crippen molar-refractivity contribution in [1.29, 1.82) is 0 Å². The summed E-state index contributed by atoms with van der Waals surface area (Å²) in [6, 6.07) is 8.59. The number of aryl methyl sites for hydroxylation is 1. The number of nitrogens with one attached hydrogen (secondary N) is 2. The third kappa shape index (κ3) is 3.35. The zero-order valence-corrected chi connectivity index (χ0v) is 21.4. The highest BCUT2D eigenvalue weighted by molar-refractivity contribution is 6.14. The number of anilines is 2. The molecule has 1 saturated carbocycles. The lowest BCUT2D eigenvalue weighted by Gasteiger charge is -2.36. The van der Waals surface area contributed by atoms with E-state index in [1.807, 2.05) is 0 Å². The minimum atomic E-state index is -0.343. The van der Waals surface area contributed by atoms with E-state index >= 15 is 0 Å². The van der Waals surface area contributed by atoms with Gasteiger partial charge in [-0.2, -0.15) is 9.97 Å². The molecule has 8 rings (SSSR count). The number of H-pyrrole nitrogens is 1. The van der Waals surface area contributed by atoms with Crippen LogP contribution in [0.15, 0.2) is 35.1 Å². The number of halogens is 1. The molecule has 11 heteroatoms. The molecule has 4 N–H and O–H groups in total. The second-order valence-electron chi connectivity index (χ2n) is 10.9. The molecule has 3 aliphatic rings. The maximum absolute atomic E-state index is 14.6. The Morgan fingerprint density at radius 3 is 2.87 bits per heavy atom. The molecule has 39 heavy (non-hydrogen) atoms. The van der Waals surface area contributed by atoms with Crippen LogP contribution in [0.4, 0.5) is 15.9 Å². The maximum Gasteiger partial charge on any atom is 0.325 e. The van der Waals surface area contributed by atoms with E-state index in [2.05, 4.69) is 25.2 Å². The smallest absolute Gasteiger partial charge is 0.325 e. The summed E-state index contributed by atoms with van der Waals surface area (Å²) in [5, 5.41) is 5.03. The van der Waals surface area contributed by atoms with Crippen molar-refractivity contribution < 1.29 is 9.13 Å². The van der Waals surface area contributed by atoms with Crippen LogP contribution in [-0.2, 0) is 13.0 Å². The predicted octanol–water partition coefficient (Wildman–Crippen LogP) is 3.52. The molecular formula is C28H27FN8O2. The fourth-order valence-corrected chi connectivity index (χ4v) is 6.66. The van der Waals surface area contributed by atoms with Gasteiger partial charge in [0.15, 0.2) is 0 Å². The van der Waals surface area contributed by atoms with Crippen LogP contribution in [0, 0.1) is 17.7 Å². The van der Waals surface area contributed by atoms with Crippen molar-refractivity contribution >= 4 is 44.3 Å². The third-order valence-electron chi connectivity index (χ3n) is 8.67. The number of nitrogens with two attached hydrogens (primary N) is 1. The lowest BCUT2D eigenvalue weighted by molar-refractivity contribution is 0.194. The summed E-state index contributed by atoms with van der Waals surface area (Å²) < 4.78 is 22.5. The third-order valence-corrected chi connectivity index (χ3v) is 8.67. The monoisotopic (exact) mass is 526 g/mol. The van der Waals surface area contributed by atoms with E-state index in [0.717, 1.165) is 49.1 Å². The lowest BCUT2D eigenvalue weighted by Crippen LogP contribution is -2.46. The first-order valence-corrected chi connectivity index (χ1v) is 13.4. The zero-order chi connectivity index (χ0) is 26.4. The van der Waals surface area contributed by atoms with Crippen molar-refractivity contribution in [3.05, 3.63) is 52.3 Å². The summed E-state index contributed by atoms with van der Waals surface area (Å²) in [7, 11) is 1.76. The Balaban J connectivity index is 1.27. The van der Waals surface area contributed by atoms with Crippen molar-refractivity contribution in [2.45, 2.75) is 31.8 Å². The van der Waals surface area contributed by atoms with Gasteiger partial charge >= 0.3 is 6.01 Å². The minimum absolute atomic E-state index is 0.0591. The molecular weight excluding hydrogens is 499 g/mol. The van der Waals surface area contributed by atoms with Gasteiger partial charge < -0.3 is 25.7 Å². The number of hydrogen-bond donors (Lipinski definition) is 3. The highest BCUT2D eigenvalue weighted by atomic mass is 19.1. The Morgan fingerprint density at radius 2 is 2.05 bits per heavy atom. The molecule has 0 amide bonds. The van der Waals surface area contributed by atoms with Gasteiger partial charge in [0.05, 0.1) is 27.5 Å². The van der Waals surface area contributed by atoms with Gasteiger partial charge in [-0.05, 0) is 55.0 Å². The number of aromatic amines is 1. The van der Waals surface area contributed by atoms with Crippen LogP contribution in [0.3, 0.4) is 0 Å². The van der Waals surface area contributed by atoms with Crippen LogP contribution in [0.2, 0.25) is 0 Å². The molecule has 0 radical (unpaired) electrons. The molecule has 3 aromatic heterocycles. The number of nitrogens with zero attached hydrogens (tertiary/aromatic N) is 5. The van der Waals surface area contributed by atoms with Gasteiger partial charge in [-0.1, -0.05) is 0 Å². The van der Waals surface area contributed by atoms with Crippen LogP contribution in [-0.4, -0.2) is 50.7 Å². The largest absolute Gasteiger partial charge is 0.424 e. The number of benzene rings is 2. The van der Waals surface area contributed by atoms with Crippen LogP contribution < -0.4 is 26.2 Å². The normalized spacial score (nSPS) is 21.9. The molecule has 5 aromatic rings. The molecule has 2 fully saturated rings. The summed E-state index contributed by atoms with van der Waals surface area (Å²) in [5.74, 6) is 2.56. The molecule has 1 aliphatic carbocycles. The first kappa shape index (κ1) is 22.7. The fourth-order valence-electron chi connectivity index (χ4n) is 6.66. The number of ether oxygens (including phenoxy) is 1. The Labute approximate surface area is 222 Å². The van der Waals surface area contributed by atoms with Crippen molar-refractivity contribution in [1.82, 2.24) is 24.5 Å². The van der Waals surface area contributed by atoms with Gasteiger partial charge in [0.25, 0.3) is 5.56 Å². The molecule has 3 atom stereocenters. The molecule has 2 unspecified atom stereocenters. The topological polar surface area (TPSA) is 127 Å². The first-order valence-electron chi connectivity index (χ1n) is 13.4. The van der Waals surface area contributed by atoms with Crippen LogP contribution >= 0.6 is 0 Å². The Kier molecular flexibility index (Phi) is 4.73. The molecule has 10 nitrogen and oxygen atoms in total. The first-order chi connectivity index (χ1) is 19.0. The lowest BCUT2D eigenvalue weighted by atomic mass is 9.72. The van der Waals surface area contributed by atoms with E-state index in [1.165, 1.54) is 12.1 Å². The Hall–Kier alpha value is -4.25. The summed E-state index contributed by atoms with van der Waals surface area (Å²) in [6.45, 7) is 2.29. The van der Waals surface area contributed by atoms with E-state index in [1.54, 1.807) is 29.8 Å². The summed E-state index contributed by atoms with van der Waals surface area (Å²) >= 11 is 0. The maximum atomic E-state index is 14.6. The molecule has 0 bridgehead atoms. The number of rotatable bonds is 4. The van der Waals surface area contributed by atoms with Crippen LogP contribution in [0.5, 0.6) is 11.8 Å². The molecule has 5 heterocycles. The van der Waals surface area contributed by atoms with Crippen molar-refractivity contribution in [3.63, 3.8) is 0 Å². The average molecular weight is 527 g/mol. The molecule has 2 aliphatic heterocycles. The van der Waals surface area contributed by atoms with Crippen LogP contribution in [0.1, 0.15) is 18.7 Å². The number of hydrogen-bond acceptors (Lipinski definition) is 8. The summed E-state index contributed by atoms with van der Waals surface area (Å²) in [4.78, 5) is 32.9. The molecule has 0 spiro atoms. The van der Waals surface area contributed by atoms with Gasteiger partial charge in [0.1, 0.15) is 28.9 Å². The highest BCUT2D eigenvalue weighted by Gasteiger charge is 2.46. The number of fused-ring (bicyclic) bond motifs is 6. The highest BCUT2D eigenvalue weighted by Crippen LogP contribution is 2.44. The molecule has 2 aromatic carbocycles. The van der Waals surface area contributed by atoms with E-state index < -0.39 is 0 Å². The van der Waals surface area contributed by atoms with Crippen molar-refractivity contribution in [2.24, 2.45) is 17.6 Å². The zero-order valence-electron chi connectivity index (χ0n) is 21.4. The van der Waals surface area contributed by atoms with Crippen molar-refractivity contribution in [3.8, 4) is 11.8 Å². The van der Waals surface area contributed by atoms with E-state index in [4.69, 9.17) is 15.5 Å². The quantitative estimate of drug-likeness (QED) is 0.325. The predicted molar refractivity (Wildman–Crippen MR) is 147 cm³/mol. The molecule has 198 valence electrons. The Morgan fingerprint density at radius 1 is 1.15 bits per heavy atom. The van der Waals surface area contributed by atoms with E-state index in [0.29, 0.717) is 57.6 Å². The van der Waals surface area contributed by atoms with E-state index in [-0.39, 0.29) is 23.4 Å². The Bertz CT molecular complexity index is 1880. The second-order valence-corrected chi connectivity index (χ2v) is 10.9. The van der Waals surface area contributed by atoms with E-state index in [9.17, 15) is 9.18 Å².